The van der Waals surface area contributed by atoms with E-state index >= 15 is 0 Å². The Bertz CT molecular complexity index is 1050. The Kier molecular flexibility index (Phi) is 8.09. The second-order valence-corrected chi connectivity index (χ2v) is 5.27. The molecule has 5 nitrogen and oxygen atoms in total. The predicted octanol–water partition coefficient (Wildman–Crippen LogP) is 2.17. The van der Waals surface area contributed by atoms with Crippen LogP contribution in [0.1, 0.15) is 32.0 Å². The van der Waals surface area contributed by atoms with Gasteiger partial charge in [0.15, 0.2) is 11.6 Å². The van der Waals surface area contributed by atoms with Crippen molar-refractivity contribution < 1.29 is 23.5 Å². The normalized spacial score (nSPS) is 13.3. The van der Waals surface area contributed by atoms with Crippen LogP contribution in [0.4, 0.5) is 0 Å². The van der Waals surface area contributed by atoms with Crippen LogP contribution in [0.25, 0.3) is 0 Å². The number of hydrogen-bond donors (Lipinski definition) is 1. The SMILES string of the molecule is CC#CC#CC#CC#C/C(=C\C1=C(C)C(=O)C(C)=C(C)C1=O)C(=O)NOC.[HH].[HH].[HH]. The Morgan fingerprint density at radius 2 is 1.48 bits per heavy atom. The fourth-order valence-electron chi connectivity index (χ4n) is 2.03. The van der Waals surface area contributed by atoms with Crippen molar-refractivity contribution in [3.8, 4) is 47.4 Å². The molecule has 0 spiro atoms. The van der Waals surface area contributed by atoms with Crippen molar-refractivity contribution in [3.05, 3.63) is 33.9 Å². The molecule has 140 valence electrons. The van der Waals surface area contributed by atoms with Crippen molar-refractivity contribution in [2.24, 2.45) is 0 Å². The summed E-state index contributed by atoms with van der Waals surface area (Å²) in [6.45, 7) is 6.35. The lowest BCUT2D eigenvalue weighted by molar-refractivity contribution is -0.126. The summed E-state index contributed by atoms with van der Waals surface area (Å²) < 4.78 is 0. The summed E-state index contributed by atoms with van der Waals surface area (Å²) in [4.78, 5) is 41.5. The molecule has 0 aliphatic heterocycles. The summed E-state index contributed by atoms with van der Waals surface area (Å²) in [5, 5.41) is 0. The van der Waals surface area contributed by atoms with Gasteiger partial charge in [-0.3, -0.25) is 19.2 Å². The highest BCUT2D eigenvalue weighted by molar-refractivity contribution is 6.26. The number of carbonyl (C=O) groups excluding carboxylic acids is 3. The molecule has 0 radical (unpaired) electrons. The molecule has 27 heavy (non-hydrogen) atoms. The number of amides is 1. The summed E-state index contributed by atoms with van der Waals surface area (Å²) >= 11 is 0. The lowest BCUT2D eigenvalue weighted by Crippen LogP contribution is -2.25. The quantitative estimate of drug-likeness (QED) is 0.360. The third-order valence-corrected chi connectivity index (χ3v) is 3.60. The van der Waals surface area contributed by atoms with Crippen LogP contribution in [0.5, 0.6) is 0 Å². The molecule has 1 aliphatic rings. The Balaban J connectivity index is -0.00000243. The number of nitrogens with one attached hydrogen (secondary N) is 1. The highest BCUT2D eigenvalue weighted by Gasteiger charge is 2.27. The fourth-order valence-corrected chi connectivity index (χ4v) is 2.03. The lowest BCUT2D eigenvalue weighted by Gasteiger charge is -2.16. The van der Waals surface area contributed by atoms with E-state index in [-0.39, 0.29) is 32.6 Å². The maximum absolute atomic E-state index is 12.5. The van der Waals surface area contributed by atoms with Gasteiger partial charge in [0, 0.05) is 26.6 Å². The van der Waals surface area contributed by atoms with Gasteiger partial charge in [0.2, 0.25) is 0 Å². The van der Waals surface area contributed by atoms with E-state index in [0.717, 1.165) is 0 Å². The molecule has 0 atom stereocenters. The molecule has 0 bridgehead atoms. The molecule has 0 aromatic carbocycles. The molecule has 1 amide bonds. The summed E-state index contributed by atoms with van der Waals surface area (Å²) in [6, 6.07) is 0. The number of hydroxylamine groups is 1. The van der Waals surface area contributed by atoms with Crippen molar-refractivity contribution in [3.63, 3.8) is 0 Å². The van der Waals surface area contributed by atoms with E-state index < -0.39 is 5.91 Å². The number of allylic oxidation sites excluding steroid dienone is 5. The zero-order valence-electron chi connectivity index (χ0n) is 15.7. The van der Waals surface area contributed by atoms with E-state index in [0.29, 0.717) is 11.1 Å². The van der Waals surface area contributed by atoms with E-state index in [4.69, 9.17) is 0 Å². The minimum Gasteiger partial charge on any atom is -0.289 e. The molecular weight excluding hydrogens is 342 g/mol. The van der Waals surface area contributed by atoms with Gasteiger partial charge >= 0.3 is 0 Å². The van der Waals surface area contributed by atoms with Gasteiger partial charge < -0.3 is 0 Å². The second-order valence-electron chi connectivity index (χ2n) is 5.27. The topological polar surface area (TPSA) is 72.5 Å². The van der Waals surface area contributed by atoms with E-state index in [1.807, 2.05) is 0 Å². The molecule has 0 heterocycles. The Morgan fingerprint density at radius 1 is 0.926 bits per heavy atom. The molecule has 1 aliphatic carbocycles. The van der Waals surface area contributed by atoms with Gasteiger partial charge in [0.05, 0.1) is 12.7 Å². The van der Waals surface area contributed by atoms with E-state index in [2.05, 4.69) is 57.7 Å². The highest BCUT2D eigenvalue weighted by atomic mass is 16.6. The van der Waals surface area contributed by atoms with Crippen molar-refractivity contribution in [2.45, 2.75) is 27.7 Å². The molecule has 0 saturated carbocycles. The van der Waals surface area contributed by atoms with Gasteiger partial charge in [-0.05, 0) is 75.2 Å². The van der Waals surface area contributed by atoms with Gasteiger partial charge in [0.25, 0.3) is 5.91 Å². The average molecular weight is 365 g/mol. The Morgan fingerprint density at radius 3 is 2.07 bits per heavy atom. The molecule has 0 aromatic heterocycles. The third-order valence-electron chi connectivity index (χ3n) is 3.60. The van der Waals surface area contributed by atoms with Crippen LogP contribution < -0.4 is 5.48 Å². The van der Waals surface area contributed by atoms with Crippen LogP contribution in [0.2, 0.25) is 0 Å². The average Bonchev–Trinajstić information content (AvgIpc) is 2.65. The molecule has 5 heteroatoms. The molecule has 1 rings (SSSR count). The lowest BCUT2D eigenvalue weighted by atomic mass is 9.85. The van der Waals surface area contributed by atoms with Crippen molar-refractivity contribution in [2.75, 3.05) is 7.11 Å². The monoisotopic (exact) mass is 365 g/mol. The predicted molar refractivity (Wildman–Crippen MR) is 107 cm³/mol. The van der Waals surface area contributed by atoms with Crippen molar-refractivity contribution in [1.29, 1.82) is 0 Å². The molecule has 1 N–H and O–H groups in total. The Hall–Kier alpha value is -3.77. The third kappa shape index (κ3) is 5.62. The first-order valence-electron chi connectivity index (χ1n) is 7.80. The van der Waals surface area contributed by atoms with Crippen LogP contribution in [-0.4, -0.2) is 24.6 Å². The van der Waals surface area contributed by atoms with Crippen LogP contribution in [0, 0.1) is 47.4 Å². The largest absolute Gasteiger partial charge is 0.289 e. The number of ketones is 2. The first-order chi connectivity index (χ1) is 12.8. The van der Waals surface area contributed by atoms with Crippen LogP contribution >= 0.6 is 0 Å². The molecule has 0 unspecified atom stereocenters. The molecule has 0 aromatic rings. The second kappa shape index (κ2) is 10.3. The fraction of sp³-hybridized carbons (Fsp3) is 0.227. The summed E-state index contributed by atoms with van der Waals surface area (Å²) in [7, 11) is 1.27. The smallest absolute Gasteiger partial charge is 0.283 e. The summed E-state index contributed by atoms with van der Waals surface area (Å²) in [5.74, 6) is 18.8. The zero-order valence-corrected chi connectivity index (χ0v) is 15.7. The number of Topliss-reactive ketones (excluding diaryl/α,β-unsaturated/α-hetero) is 2. The number of carbonyl (C=O) groups is 3. The van der Waals surface area contributed by atoms with Gasteiger partial charge in [0.1, 0.15) is 0 Å². The molecule has 0 fully saturated rings. The minimum absolute atomic E-state index is 0. The molecule has 0 saturated heterocycles. The first-order valence-corrected chi connectivity index (χ1v) is 7.80. The zero-order chi connectivity index (χ0) is 20.4. The van der Waals surface area contributed by atoms with E-state index in [1.165, 1.54) is 20.1 Å². The standard InChI is InChI=1S/C22H17NO4.3H2/c1-6-7-8-9-10-11-12-13-18(22(26)23-27-5)14-19-17(4)20(24)15(2)16(3)21(19)25;;;/h14H,1-5H3,(H,23,26);3*1H/b18-14+;;;. The maximum Gasteiger partial charge on any atom is 0.283 e. The summed E-state index contributed by atoms with van der Waals surface area (Å²) in [5.41, 5.74) is 3.15. The van der Waals surface area contributed by atoms with Crippen molar-refractivity contribution >= 4 is 17.5 Å². The van der Waals surface area contributed by atoms with Crippen LogP contribution in [0.3, 0.4) is 0 Å². The highest BCUT2D eigenvalue weighted by Crippen LogP contribution is 2.25. The van der Waals surface area contributed by atoms with Gasteiger partial charge in [-0.25, -0.2) is 5.48 Å². The number of rotatable bonds is 3. The summed E-state index contributed by atoms with van der Waals surface area (Å²) in [6.07, 6.45) is 1.27. The van der Waals surface area contributed by atoms with Gasteiger partial charge in [-0.2, -0.15) is 0 Å². The minimum atomic E-state index is -0.667. The van der Waals surface area contributed by atoms with Gasteiger partial charge in [-0.15, -0.1) is 0 Å². The maximum atomic E-state index is 12.5. The first kappa shape index (κ1) is 21.3. The van der Waals surface area contributed by atoms with Crippen molar-refractivity contribution in [1.82, 2.24) is 5.48 Å². The van der Waals surface area contributed by atoms with Gasteiger partial charge in [-0.1, -0.05) is 5.92 Å². The number of hydrogen-bond acceptors (Lipinski definition) is 4. The Labute approximate surface area is 163 Å². The van der Waals surface area contributed by atoms with Crippen LogP contribution in [-0.2, 0) is 19.2 Å². The van der Waals surface area contributed by atoms with Crippen LogP contribution in [0.15, 0.2) is 33.9 Å². The van der Waals surface area contributed by atoms with E-state index in [9.17, 15) is 14.4 Å². The molecular formula is C22H23NO4. The van der Waals surface area contributed by atoms with E-state index in [1.54, 1.807) is 20.8 Å².